The lowest BCUT2D eigenvalue weighted by molar-refractivity contribution is 0.371. The van der Waals surface area contributed by atoms with E-state index in [2.05, 4.69) is 47.1 Å². The van der Waals surface area contributed by atoms with Crippen LogP contribution in [0.1, 0.15) is 40.0 Å². The minimum atomic E-state index is 0.461. The van der Waals surface area contributed by atoms with Crippen LogP contribution in [0.3, 0.4) is 0 Å². The third-order valence-corrected chi connectivity index (χ3v) is 3.12. The Morgan fingerprint density at radius 3 is 2.75 bits per heavy atom. The summed E-state index contributed by atoms with van der Waals surface area (Å²) in [6, 6.07) is 1.10. The number of hydrogen-bond acceptors (Lipinski definition) is 2. The molecule has 0 radical (unpaired) electrons. The normalized spacial score (nSPS) is 15.0. The van der Waals surface area contributed by atoms with Crippen LogP contribution in [0.4, 0.5) is 0 Å². The van der Waals surface area contributed by atoms with Gasteiger partial charge in [0.05, 0.1) is 17.2 Å². The topological polar surface area (TPSA) is 29.9 Å². The van der Waals surface area contributed by atoms with E-state index in [4.69, 9.17) is 0 Å². The molecule has 0 aromatic carbocycles. The van der Waals surface area contributed by atoms with Crippen molar-refractivity contribution in [1.82, 2.24) is 15.1 Å². The van der Waals surface area contributed by atoms with E-state index >= 15 is 0 Å². The maximum Gasteiger partial charge on any atom is 0.0632 e. The fourth-order valence-electron chi connectivity index (χ4n) is 1.93. The second kappa shape index (κ2) is 7.07. The van der Waals surface area contributed by atoms with Gasteiger partial charge in [0.2, 0.25) is 0 Å². The van der Waals surface area contributed by atoms with Crippen molar-refractivity contribution in [1.29, 1.82) is 0 Å². The van der Waals surface area contributed by atoms with Crippen molar-refractivity contribution < 1.29 is 0 Å². The molecule has 0 aliphatic carbocycles. The second-order valence-corrected chi connectivity index (χ2v) is 5.26. The quantitative estimate of drug-likeness (QED) is 0.835. The maximum absolute atomic E-state index is 4.26. The third-order valence-electron chi connectivity index (χ3n) is 2.71. The highest BCUT2D eigenvalue weighted by Gasteiger charge is 2.10. The van der Waals surface area contributed by atoms with Gasteiger partial charge in [-0.15, -0.1) is 0 Å². The molecule has 0 saturated carbocycles. The Bertz CT molecular complexity index is 298. The first-order chi connectivity index (χ1) is 7.65. The zero-order chi connectivity index (χ0) is 12.0. The van der Waals surface area contributed by atoms with E-state index in [1.165, 1.54) is 19.3 Å². The van der Waals surface area contributed by atoms with Crippen molar-refractivity contribution >= 4 is 15.9 Å². The van der Waals surface area contributed by atoms with Gasteiger partial charge >= 0.3 is 0 Å². The van der Waals surface area contributed by atoms with Crippen molar-refractivity contribution in [3.8, 4) is 0 Å². The van der Waals surface area contributed by atoms with E-state index in [1.54, 1.807) is 0 Å². The van der Waals surface area contributed by atoms with Crippen molar-refractivity contribution in [2.24, 2.45) is 0 Å². The van der Waals surface area contributed by atoms with Crippen LogP contribution in [0.2, 0.25) is 0 Å². The van der Waals surface area contributed by atoms with Gasteiger partial charge in [-0.1, -0.05) is 20.3 Å². The lowest BCUT2D eigenvalue weighted by Gasteiger charge is -2.21. The first-order valence-electron chi connectivity index (χ1n) is 6.09. The monoisotopic (exact) mass is 287 g/mol. The van der Waals surface area contributed by atoms with E-state index in [1.807, 2.05) is 17.1 Å². The van der Waals surface area contributed by atoms with Gasteiger partial charge in [-0.3, -0.25) is 4.68 Å². The van der Waals surface area contributed by atoms with Gasteiger partial charge in [0, 0.05) is 18.3 Å². The van der Waals surface area contributed by atoms with Gasteiger partial charge in [0.1, 0.15) is 0 Å². The average molecular weight is 288 g/mol. The summed E-state index contributed by atoms with van der Waals surface area (Å²) in [4.78, 5) is 0. The molecular weight excluding hydrogens is 266 g/mol. The minimum Gasteiger partial charge on any atom is -0.310 e. The number of hydrogen-bond donors (Lipinski definition) is 1. The summed E-state index contributed by atoms with van der Waals surface area (Å²) in [5, 5.41) is 7.91. The van der Waals surface area contributed by atoms with Crippen LogP contribution in [0.5, 0.6) is 0 Å². The summed E-state index contributed by atoms with van der Waals surface area (Å²) in [6.07, 6.45) is 7.53. The van der Waals surface area contributed by atoms with Crippen molar-refractivity contribution in [2.75, 3.05) is 0 Å². The summed E-state index contributed by atoms with van der Waals surface area (Å²) in [5.74, 6) is 0. The summed E-state index contributed by atoms with van der Waals surface area (Å²) in [7, 11) is 0. The Labute approximate surface area is 107 Å². The molecule has 1 aromatic heterocycles. The fraction of sp³-hybridized carbons (Fsp3) is 0.750. The molecule has 0 aliphatic rings. The van der Waals surface area contributed by atoms with E-state index in [-0.39, 0.29) is 0 Å². The molecule has 4 heteroatoms. The number of nitrogens with zero attached hydrogens (tertiary/aromatic N) is 2. The molecule has 92 valence electrons. The smallest absolute Gasteiger partial charge is 0.0632 e. The lowest BCUT2D eigenvalue weighted by atomic mass is 10.1. The summed E-state index contributed by atoms with van der Waals surface area (Å²) in [5.41, 5.74) is 0. The zero-order valence-electron chi connectivity index (χ0n) is 10.4. The Hall–Kier alpha value is -0.350. The van der Waals surface area contributed by atoms with Crippen LogP contribution in [0, 0.1) is 0 Å². The standard InChI is InChI=1S/C12H22BrN3/c1-4-6-12(5-2)15-10(3)8-16-9-11(13)7-14-16/h7,9-10,12,15H,4-6,8H2,1-3H3. The molecular formula is C12H22BrN3. The molecule has 0 amide bonds. The van der Waals surface area contributed by atoms with Crippen LogP contribution in [-0.4, -0.2) is 21.9 Å². The minimum absolute atomic E-state index is 0.461. The number of halogens is 1. The maximum atomic E-state index is 4.26. The SMILES string of the molecule is CCCC(CC)NC(C)Cn1cc(Br)cn1. The van der Waals surface area contributed by atoms with Gasteiger partial charge in [-0.05, 0) is 35.7 Å². The molecule has 0 bridgehead atoms. The molecule has 0 aliphatic heterocycles. The highest BCUT2D eigenvalue weighted by atomic mass is 79.9. The van der Waals surface area contributed by atoms with Crippen LogP contribution in [0.15, 0.2) is 16.9 Å². The molecule has 1 rings (SSSR count). The van der Waals surface area contributed by atoms with E-state index < -0.39 is 0 Å². The molecule has 2 atom stereocenters. The van der Waals surface area contributed by atoms with Crippen molar-refractivity contribution in [2.45, 2.75) is 58.7 Å². The predicted molar refractivity (Wildman–Crippen MR) is 71.5 cm³/mol. The molecule has 1 aromatic rings. The Kier molecular flexibility index (Phi) is 6.06. The van der Waals surface area contributed by atoms with E-state index in [0.717, 1.165) is 11.0 Å². The van der Waals surface area contributed by atoms with Crippen LogP contribution in [0.25, 0.3) is 0 Å². The molecule has 0 saturated heterocycles. The molecule has 0 fully saturated rings. The first kappa shape index (κ1) is 13.7. The molecule has 1 heterocycles. The second-order valence-electron chi connectivity index (χ2n) is 4.34. The highest BCUT2D eigenvalue weighted by molar-refractivity contribution is 9.10. The van der Waals surface area contributed by atoms with Gasteiger partial charge in [0.25, 0.3) is 0 Å². The number of aromatic nitrogens is 2. The van der Waals surface area contributed by atoms with Crippen LogP contribution >= 0.6 is 15.9 Å². The number of rotatable bonds is 7. The summed E-state index contributed by atoms with van der Waals surface area (Å²) >= 11 is 3.41. The van der Waals surface area contributed by atoms with Gasteiger partial charge < -0.3 is 5.32 Å². The lowest BCUT2D eigenvalue weighted by Crippen LogP contribution is -2.38. The average Bonchev–Trinajstić information content (AvgIpc) is 2.63. The molecule has 1 N–H and O–H groups in total. The Morgan fingerprint density at radius 2 is 2.25 bits per heavy atom. The Balaban J connectivity index is 2.37. The summed E-state index contributed by atoms with van der Waals surface area (Å²) < 4.78 is 3.01. The highest BCUT2D eigenvalue weighted by Crippen LogP contribution is 2.07. The van der Waals surface area contributed by atoms with Gasteiger partial charge in [-0.2, -0.15) is 5.10 Å². The first-order valence-corrected chi connectivity index (χ1v) is 6.89. The van der Waals surface area contributed by atoms with Gasteiger partial charge in [0.15, 0.2) is 0 Å². The van der Waals surface area contributed by atoms with Crippen LogP contribution < -0.4 is 5.32 Å². The van der Waals surface area contributed by atoms with Gasteiger partial charge in [-0.25, -0.2) is 0 Å². The zero-order valence-corrected chi connectivity index (χ0v) is 12.0. The molecule has 3 nitrogen and oxygen atoms in total. The fourth-order valence-corrected chi connectivity index (χ4v) is 2.26. The number of nitrogens with one attached hydrogen (secondary N) is 1. The van der Waals surface area contributed by atoms with Crippen LogP contribution in [-0.2, 0) is 6.54 Å². The molecule has 0 spiro atoms. The Morgan fingerprint density at radius 1 is 1.50 bits per heavy atom. The predicted octanol–water partition coefficient (Wildman–Crippen LogP) is 3.20. The molecule has 16 heavy (non-hydrogen) atoms. The van der Waals surface area contributed by atoms with Crippen molar-refractivity contribution in [3.63, 3.8) is 0 Å². The summed E-state index contributed by atoms with van der Waals surface area (Å²) in [6.45, 7) is 7.61. The van der Waals surface area contributed by atoms with E-state index in [0.29, 0.717) is 12.1 Å². The van der Waals surface area contributed by atoms with E-state index in [9.17, 15) is 0 Å². The molecule has 2 unspecified atom stereocenters. The van der Waals surface area contributed by atoms with Crippen molar-refractivity contribution in [3.05, 3.63) is 16.9 Å². The largest absolute Gasteiger partial charge is 0.310 e. The third kappa shape index (κ3) is 4.66.